The number of carbonyl (C=O) groups excluding carboxylic acids is 1. The van der Waals surface area contributed by atoms with Crippen LogP contribution in [-0.2, 0) is 4.79 Å². The second-order valence-corrected chi connectivity index (χ2v) is 9.59. The van der Waals surface area contributed by atoms with Crippen LogP contribution in [0.3, 0.4) is 0 Å². The third-order valence-corrected chi connectivity index (χ3v) is 6.34. The van der Waals surface area contributed by atoms with Crippen molar-refractivity contribution in [2.75, 3.05) is 20.3 Å². The summed E-state index contributed by atoms with van der Waals surface area (Å²) in [6, 6.07) is 20.1. The van der Waals surface area contributed by atoms with Crippen molar-refractivity contribution in [1.82, 2.24) is 0 Å². The summed E-state index contributed by atoms with van der Waals surface area (Å²) in [4.78, 5) is 12.4. The maximum atomic E-state index is 12.4. The molecule has 39 heavy (non-hydrogen) atoms. The number of carbonyl (C=O) groups is 1. The third-order valence-electron chi connectivity index (χ3n) is 6.34. The van der Waals surface area contributed by atoms with Gasteiger partial charge in [-0.05, 0) is 54.7 Å². The molecule has 0 bridgehead atoms. The molecule has 8 nitrogen and oxygen atoms in total. The Bertz CT molecular complexity index is 1420. The Balaban J connectivity index is 1.56. The van der Waals surface area contributed by atoms with Gasteiger partial charge in [-0.1, -0.05) is 44.2 Å². The number of nitriles is 1. The van der Waals surface area contributed by atoms with Crippen LogP contribution in [0.5, 0.6) is 28.7 Å². The number of allylic oxidation sites excluding steroid dienone is 1. The number of rotatable bonds is 10. The Morgan fingerprint density at radius 2 is 1.85 bits per heavy atom. The molecule has 2 N–H and O–H groups in total. The van der Waals surface area contributed by atoms with Crippen molar-refractivity contribution in [3.05, 3.63) is 88.8 Å². The van der Waals surface area contributed by atoms with Gasteiger partial charge in [0, 0.05) is 11.6 Å². The van der Waals surface area contributed by atoms with Gasteiger partial charge >= 0.3 is 5.97 Å². The van der Waals surface area contributed by atoms with Crippen LogP contribution in [0.1, 0.15) is 42.9 Å². The molecule has 8 heteroatoms. The van der Waals surface area contributed by atoms with Crippen molar-refractivity contribution >= 4 is 5.97 Å². The quantitative estimate of drug-likeness (QED) is 0.266. The van der Waals surface area contributed by atoms with E-state index in [9.17, 15) is 10.1 Å². The van der Waals surface area contributed by atoms with E-state index in [2.05, 4.69) is 19.9 Å². The number of esters is 1. The van der Waals surface area contributed by atoms with Gasteiger partial charge in [-0.25, -0.2) is 4.79 Å². The molecule has 3 aromatic rings. The van der Waals surface area contributed by atoms with Gasteiger partial charge in [-0.15, -0.1) is 0 Å². The van der Waals surface area contributed by atoms with E-state index in [0.29, 0.717) is 41.1 Å². The fourth-order valence-corrected chi connectivity index (χ4v) is 4.25. The van der Waals surface area contributed by atoms with Crippen LogP contribution < -0.4 is 29.4 Å². The van der Waals surface area contributed by atoms with E-state index < -0.39 is 11.9 Å². The topological polar surface area (TPSA) is 113 Å². The van der Waals surface area contributed by atoms with Gasteiger partial charge in [-0.3, -0.25) is 0 Å². The van der Waals surface area contributed by atoms with Crippen molar-refractivity contribution in [1.29, 1.82) is 5.26 Å². The number of hydrogen-bond acceptors (Lipinski definition) is 8. The van der Waals surface area contributed by atoms with Gasteiger partial charge in [-0.2, -0.15) is 5.26 Å². The van der Waals surface area contributed by atoms with E-state index in [1.807, 2.05) is 43.3 Å². The number of nitrogens with zero attached hydrogens (tertiary/aromatic N) is 1. The molecule has 202 valence electrons. The maximum absolute atomic E-state index is 12.4. The van der Waals surface area contributed by atoms with Crippen LogP contribution in [0.15, 0.2) is 72.1 Å². The van der Waals surface area contributed by atoms with Gasteiger partial charge in [0.25, 0.3) is 0 Å². The minimum atomic E-state index is -0.565. The van der Waals surface area contributed by atoms with E-state index in [4.69, 9.17) is 29.4 Å². The average Bonchev–Trinajstić information content (AvgIpc) is 2.91. The molecule has 0 aliphatic carbocycles. The standard InChI is InChI=1S/C31H32N2O6/c1-19(2)13-14-36-26-12-9-21(15-28(26)35-4)30-23-11-10-22(16-27(23)39-31(33)24(30)17-32)38-29(34)18-37-25-8-6-5-7-20(25)3/h5-12,15-16,19,30H,13-14,18,33H2,1-4H3. The first-order chi connectivity index (χ1) is 18.8. The molecule has 0 radical (unpaired) electrons. The highest BCUT2D eigenvalue weighted by Gasteiger charge is 2.32. The number of benzene rings is 3. The molecule has 0 aromatic heterocycles. The van der Waals surface area contributed by atoms with Gasteiger partial charge in [0.1, 0.15) is 28.9 Å². The summed E-state index contributed by atoms with van der Waals surface area (Å²) in [5.74, 6) is 1.88. The molecule has 0 amide bonds. The Hall–Kier alpha value is -4.64. The van der Waals surface area contributed by atoms with Crippen LogP contribution in [0, 0.1) is 24.2 Å². The highest BCUT2D eigenvalue weighted by Crippen LogP contribution is 2.45. The predicted octanol–water partition coefficient (Wildman–Crippen LogP) is 5.63. The number of aryl methyl sites for hydroxylation is 1. The largest absolute Gasteiger partial charge is 0.493 e. The summed E-state index contributed by atoms with van der Waals surface area (Å²) >= 11 is 0. The monoisotopic (exact) mass is 528 g/mol. The molecular formula is C31H32N2O6. The highest BCUT2D eigenvalue weighted by atomic mass is 16.6. The molecule has 1 unspecified atom stereocenters. The average molecular weight is 529 g/mol. The van der Waals surface area contributed by atoms with Crippen molar-refractivity contribution in [2.24, 2.45) is 11.7 Å². The SMILES string of the molecule is COc1cc(C2C(C#N)=C(N)Oc3cc(OC(=O)COc4ccccc4C)ccc32)ccc1OCCC(C)C. The molecule has 0 spiro atoms. The minimum absolute atomic E-state index is 0.0161. The molecule has 4 rings (SSSR count). The van der Waals surface area contributed by atoms with E-state index >= 15 is 0 Å². The lowest BCUT2D eigenvalue weighted by atomic mass is 9.83. The first kappa shape index (κ1) is 27.4. The zero-order chi connectivity index (χ0) is 27.9. The van der Waals surface area contributed by atoms with Crippen molar-refractivity contribution in [3.8, 4) is 34.8 Å². The number of nitrogens with two attached hydrogens (primary N) is 1. The summed E-state index contributed by atoms with van der Waals surface area (Å²) in [6.07, 6.45) is 0.918. The Morgan fingerprint density at radius 1 is 1.05 bits per heavy atom. The molecule has 0 saturated heterocycles. The molecule has 1 aliphatic heterocycles. The summed E-state index contributed by atoms with van der Waals surface area (Å²) in [5.41, 5.74) is 8.83. The zero-order valence-electron chi connectivity index (χ0n) is 22.5. The first-order valence-corrected chi connectivity index (χ1v) is 12.7. The van der Waals surface area contributed by atoms with Crippen LogP contribution in [-0.4, -0.2) is 26.3 Å². The Morgan fingerprint density at radius 3 is 2.56 bits per heavy atom. The summed E-state index contributed by atoms with van der Waals surface area (Å²) in [6.45, 7) is 6.49. The molecule has 3 aromatic carbocycles. The van der Waals surface area contributed by atoms with Crippen LogP contribution in [0.25, 0.3) is 0 Å². The first-order valence-electron chi connectivity index (χ1n) is 12.7. The highest BCUT2D eigenvalue weighted by molar-refractivity contribution is 5.74. The Labute approximate surface area is 228 Å². The fraction of sp³-hybridized carbons (Fsp3) is 0.290. The van der Waals surface area contributed by atoms with Crippen molar-refractivity contribution in [3.63, 3.8) is 0 Å². The number of methoxy groups -OCH3 is 1. The molecule has 0 fully saturated rings. The molecule has 1 heterocycles. The lowest BCUT2D eigenvalue weighted by molar-refractivity contribution is -0.136. The molecule has 1 atom stereocenters. The van der Waals surface area contributed by atoms with Crippen molar-refractivity contribution < 1.29 is 28.5 Å². The normalized spacial score (nSPS) is 14.2. The van der Waals surface area contributed by atoms with Crippen LogP contribution in [0.2, 0.25) is 0 Å². The van der Waals surface area contributed by atoms with E-state index in [0.717, 1.165) is 17.5 Å². The smallest absolute Gasteiger partial charge is 0.349 e. The summed E-state index contributed by atoms with van der Waals surface area (Å²) < 4.78 is 28.3. The van der Waals surface area contributed by atoms with Crippen LogP contribution >= 0.6 is 0 Å². The lowest BCUT2D eigenvalue weighted by Crippen LogP contribution is -2.22. The van der Waals surface area contributed by atoms with Crippen LogP contribution in [0.4, 0.5) is 0 Å². The second-order valence-electron chi connectivity index (χ2n) is 9.59. The Kier molecular flexibility index (Phi) is 8.62. The number of para-hydroxylation sites is 1. The zero-order valence-corrected chi connectivity index (χ0v) is 22.5. The number of hydrogen-bond donors (Lipinski definition) is 1. The molecule has 0 saturated carbocycles. The van der Waals surface area contributed by atoms with E-state index in [1.165, 1.54) is 0 Å². The molecular weight excluding hydrogens is 496 g/mol. The second kappa shape index (κ2) is 12.3. The lowest BCUT2D eigenvalue weighted by Gasteiger charge is -2.27. The third kappa shape index (κ3) is 6.44. The summed E-state index contributed by atoms with van der Waals surface area (Å²) in [7, 11) is 1.57. The molecule has 1 aliphatic rings. The van der Waals surface area contributed by atoms with E-state index in [-0.39, 0.29) is 23.8 Å². The predicted molar refractivity (Wildman–Crippen MR) is 146 cm³/mol. The van der Waals surface area contributed by atoms with Gasteiger partial charge < -0.3 is 29.4 Å². The summed E-state index contributed by atoms with van der Waals surface area (Å²) in [5, 5.41) is 9.91. The number of ether oxygens (including phenoxy) is 5. The van der Waals surface area contributed by atoms with Crippen molar-refractivity contribution in [2.45, 2.75) is 33.1 Å². The number of fused-ring (bicyclic) bond motifs is 1. The van der Waals surface area contributed by atoms with Gasteiger partial charge in [0.05, 0.1) is 19.6 Å². The van der Waals surface area contributed by atoms with Gasteiger partial charge in [0.15, 0.2) is 18.1 Å². The van der Waals surface area contributed by atoms with Gasteiger partial charge in [0.2, 0.25) is 5.88 Å². The van der Waals surface area contributed by atoms with E-state index in [1.54, 1.807) is 31.4 Å². The fourth-order valence-electron chi connectivity index (χ4n) is 4.25. The maximum Gasteiger partial charge on any atom is 0.349 e. The minimum Gasteiger partial charge on any atom is -0.493 e.